The highest BCUT2D eigenvalue weighted by molar-refractivity contribution is 5.43. The molecule has 0 aliphatic rings. The van der Waals surface area contributed by atoms with Gasteiger partial charge < -0.3 is 15.0 Å². The molecule has 0 aliphatic heterocycles. The molecule has 0 aromatic carbocycles. The number of nitrogens with one attached hydrogen (secondary N) is 1. The minimum Gasteiger partial charge on any atom is -0.385 e. The van der Waals surface area contributed by atoms with E-state index < -0.39 is 0 Å². The highest BCUT2D eigenvalue weighted by Crippen LogP contribution is 2.13. The van der Waals surface area contributed by atoms with Gasteiger partial charge in [0.1, 0.15) is 5.82 Å². The molecule has 1 N–H and O–H groups in total. The number of aryl methyl sites for hydroxylation is 1. The van der Waals surface area contributed by atoms with Crippen LogP contribution in [-0.2, 0) is 4.74 Å². The third-order valence-corrected chi connectivity index (χ3v) is 2.41. The number of ether oxygens (including phenoxy) is 1. The zero-order valence-electron chi connectivity index (χ0n) is 11.2. The third-order valence-electron chi connectivity index (χ3n) is 2.41. The number of nitrogens with zero attached hydrogens (tertiary/aromatic N) is 3. The van der Waals surface area contributed by atoms with Gasteiger partial charge in [0, 0.05) is 45.6 Å². The summed E-state index contributed by atoms with van der Waals surface area (Å²) in [5.74, 6) is 1.64. The molecule has 96 valence electrons. The number of rotatable bonds is 7. The smallest absolute Gasteiger partial charge is 0.224 e. The maximum absolute atomic E-state index is 5.04. The molecule has 1 aromatic heterocycles. The summed E-state index contributed by atoms with van der Waals surface area (Å²) in [6.07, 6.45) is 0.993. The summed E-state index contributed by atoms with van der Waals surface area (Å²) >= 11 is 0. The Balaban J connectivity index is 2.67. The highest BCUT2D eigenvalue weighted by atomic mass is 16.5. The summed E-state index contributed by atoms with van der Waals surface area (Å²) < 4.78 is 5.04. The van der Waals surface area contributed by atoms with E-state index in [1.807, 2.05) is 27.0 Å². The summed E-state index contributed by atoms with van der Waals surface area (Å²) in [5.41, 5.74) is 0.976. The Morgan fingerprint density at radius 3 is 2.82 bits per heavy atom. The van der Waals surface area contributed by atoms with E-state index in [0.717, 1.165) is 37.6 Å². The van der Waals surface area contributed by atoms with Gasteiger partial charge in [-0.1, -0.05) is 0 Å². The van der Waals surface area contributed by atoms with Crippen LogP contribution in [0.4, 0.5) is 11.8 Å². The van der Waals surface area contributed by atoms with Crippen LogP contribution in [0.2, 0.25) is 0 Å². The molecule has 17 heavy (non-hydrogen) atoms. The molecule has 1 aromatic rings. The van der Waals surface area contributed by atoms with E-state index in [2.05, 4.69) is 20.2 Å². The van der Waals surface area contributed by atoms with Crippen molar-refractivity contribution in [1.29, 1.82) is 0 Å². The van der Waals surface area contributed by atoms with Gasteiger partial charge in [-0.15, -0.1) is 0 Å². The van der Waals surface area contributed by atoms with Crippen molar-refractivity contribution in [2.75, 3.05) is 44.1 Å². The van der Waals surface area contributed by atoms with Crippen LogP contribution in [0.15, 0.2) is 6.07 Å². The van der Waals surface area contributed by atoms with Crippen molar-refractivity contribution in [3.8, 4) is 0 Å². The summed E-state index contributed by atoms with van der Waals surface area (Å²) in [4.78, 5) is 10.9. The van der Waals surface area contributed by atoms with Gasteiger partial charge in [0.05, 0.1) is 0 Å². The van der Waals surface area contributed by atoms with E-state index in [-0.39, 0.29) is 0 Å². The summed E-state index contributed by atoms with van der Waals surface area (Å²) in [7, 11) is 3.76. The first-order valence-corrected chi connectivity index (χ1v) is 5.97. The van der Waals surface area contributed by atoms with Gasteiger partial charge in [-0.05, 0) is 20.3 Å². The van der Waals surface area contributed by atoms with Crippen LogP contribution in [0.1, 0.15) is 19.0 Å². The van der Waals surface area contributed by atoms with Gasteiger partial charge in [-0.25, -0.2) is 4.98 Å². The Kier molecular flexibility index (Phi) is 5.69. The first kappa shape index (κ1) is 13.7. The van der Waals surface area contributed by atoms with Crippen LogP contribution in [0, 0.1) is 6.92 Å². The van der Waals surface area contributed by atoms with Crippen molar-refractivity contribution in [2.45, 2.75) is 20.3 Å². The molecule has 0 spiro atoms. The van der Waals surface area contributed by atoms with E-state index in [0.29, 0.717) is 5.95 Å². The predicted molar refractivity (Wildman–Crippen MR) is 70.7 cm³/mol. The second-order valence-electron chi connectivity index (χ2n) is 3.99. The number of anilines is 2. The lowest BCUT2D eigenvalue weighted by molar-refractivity contribution is 0.196. The fourth-order valence-corrected chi connectivity index (χ4v) is 1.55. The van der Waals surface area contributed by atoms with Gasteiger partial charge in [0.2, 0.25) is 5.95 Å². The molecular formula is C12H22N4O. The van der Waals surface area contributed by atoms with E-state index in [1.165, 1.54) is 0 Å². The van der Waals surface area contributed by atoms with Crippen LogP contribution in [0.25, 0.3) is 0 Å². The third kappa shape index (κ3) is 4.56. The lowest BCUT2D eigenvalue weighted by atomic mass is 10.3. The average Bonchev–Trinajstić information content (AvgIpc) is 2.29. The van der Waals surface area contributed by atoms with Crippen LogP contribution < -0.4 is 10.2 Å². The van der Waals surface area contributed by atoms with E-state index in [1.54, 1.807) is 7.11 Å². The number of methoxy groups -OCH3 is 1. The Bertz CT molecular complexity index is 343. The largest absolute Gasteiger partial charge is 0.385 e. The lowest BCUT2D eigenvalue weighted by Gasteiger charge is -2.19. The Morgan fingerprint density at radius 2 is 2.18 bits per heavy atom. The molecule has 0 aliphatic carbocycles. The van der Waals surface area contributed by atoms with Crippen LogP contribution in [0.3, 0.4) is 0 Å². The minimum atomic E-state index is 0.695. The van der Waals surface area contributed by atoms with Crippen molar-refractivity contribution in [3.05, 3.63) is 11.8 Å². The molecule has 0 fully saturated rings. The Hall–Kier alpha value is -1.36. The van der Waals surface area contributed by atoms with Crippen LogP contribution >= 0.6 is 0 Å². The maximum atomic E-state index is 5.04. The van der Waals surface area contributed by atoms with Gasteiger partial charge in [-0.3, -0.25) is 0 Å². The second kappa shape index (κ2) is 7.06. The molecule has 0 unspecified atom stereocenters. The van der Waals surface area contributed by atoms with Gasteiger partial charge in [-0.2, -0.15) is 4.98 Å². The Labute approximate surface area is 103 Å². The molecule has 0 saturated carbocycles. The quantitative estimate of drug-likeness (QED) is 0.733. The first-order chi connectivity index (χ1) is 8.17. The van der Waals surface area contributed by atoms with Crippen molar-refractivity contribution >= 4 is 11.8 Å². The topological polar surface area (TPSA) is 50.3 Å². The number of hydrogen-bond acceptors (Lipinski definition) is 5. The number of hydrogen-bond donors (Lipinski definition) is 1. The van der Waals surface area contributed by atoms with E-state index in [9.17, 15) is 0 Å². The minimum absolute atomic E-state index is 0.695. The van der Waals surface area contributed by atoms with Crippen molar-refractivity contribution < 1.29 is 4.74 Å². The first-order valence-electron chi connectivity index (χ1n) is 5.97. The van der Waals surface area contributed by atoms with Gasteiger partial charge in [0.25, 0.3) is 0 Å². The molecule has 0 amide bonds. The zero-order valence-corrected chi connectivity index (χ0v) is 11.2. The highest BCUT2D eigenvalue weighted by Gasteiger charge is 2.05. The van der Waals surface area contributed by atoms with Gasteiger partial charge in [0.15, 0.2) is 0 Å². The molecular weight excluding hydrogens is 216 g/mol. The molecule has 5 nitrogen and oxygen atoms in total. The van der Waals surface area contributed by atoms with Crippen LogP contribution in [-0.4, -0.2) is 43.8 Å². The SMILES string of the molecule is CCNc1nc(C)cc(N(C)CCCOC)n1. The van der Waals surface area contributed by atoms with Crippen molar-refractivity contribution in [2.24, 2.45) is 0 Å². The summed E-state index contributed by atoms with van der Waals surface area (Å²) in [6.45, 7) is 6.54. The molecule has 0 atom stereocenters. The normalized spacial score (nSPS) is 10.4. The predicted octanol–water partition coefficient (Wildman–Crippen LogP) is 1.69. The monoisotopic (exact) mass is 238 g/mol. The standard InChI is InChI=1S/C12H22N4O/c1-5-13-12-14-10(2)9-11(15-12)16(3)7-6-8-17-4/h9H,5-8H2,1-4H3,(H,13,14,15). The van der Waals surface area contributed by atoms with Crippen molar-refractivity contribution in [3.63, 3.8) is 0 Å². The fourth-order valence-electron chi connectivity index (χ4n) is 1.55. The zero-order chi connectivity index (χ0) is 12.7. The summed E-state index contributed by atoms with van der Waals surface area (Å²) in [5, 5.41) is 3.14. The molecule has 0 radical (unpaired) electrons. The molecule has 0 saturated heterocycles. The average molecular weight is 238 g/mol. The van der Waals surface area contributed by atoms with Gasteiger partial charge >= 0.3 is 0 Å². The lowest BCUT2D eigenvalue weighted by Crippen LogP contribution is -2.21. The molecule has 1 rings (SSSR count). The summed E-state index contributed by atoms with van der Waals surface area (Å²) in [6, 6.07) is 1.99. The Morgan fingerprint density at radius 1 is 1.41 bits per heavy atom. The number of aromatic nitrogens is 2. The maximum Gasteiger partial charge on any atom is 0.224 e. The second-order valence-corrected chi connectivity index (χ2v) is 3.99. The fraction of sp³-hybridized carbons (Fsp3) is 0.667. The van der Waals surface area contributed by atoms with Crippen molar-refractivity contribution in [1.82, 2.24) is 9.97 Å². The van der Waals surface area contributed by atoms with Crippen LogP contribution in [0.5, 0.6) is 0 Å². The van der Waals surface area contributed by atoms with E-state index in [4.69, 9.17) is 4.74 Å². The molecule has 0 bridgehead atoms. The molecule has 5 heteroatoms. The molecule has 1 heterocycles. The van der Waals surface area contributed by atoms with E-state index >= 15 is 0 Å².